The van der Waals surface area contributed by atoms with Crippen LogP contribution >= 0.6 is 0 Å². The number of carbonyl (C=O) groups is 2. The van der Waals surface area contributed by atoms with Crippen molar-refractivity contribution in [3.8, 4) is 0 Å². The molecule has 0 fully saturated rings. The zero-order chi connectivity index (χ0) is 18.4. The molecule has 7 heteroatoms. The van der Waals surface area contributed by atoms with Gasteiger partial charge in [0.25, 0.3) is 5.56 Å². The monoisotopic (exact) mass is 345 g/mol. The van der Waals surface area contributed by atoms with E-state index in [2.05, 4.69) is 10.3 Å². The number of amides is 1. The molecule has 1 atom stereocenters. The average Bonchev–Trinajstić information content (AvgIpc) is 2.59. The number of para-hydroxylation sites is 1. The molecular weight excluding hydrogens is 322 g/mol. The van der Waals surface area contributed by atoms with E-state index >= 15 is 0 Å². The smallest absolute Gasteiger partial charge is 0.328 e. The topological polar surface area (TPSA) is 90.3 Å². The molecule has 1 N–H and O–H groups in total. The van der Waals surface area contributed by atoms with E-state index in [0.29, 0.717) is 17.3 Å². The van der Waals surface area contributed by atoms with Crippen molar-refractivity contribution >= 4 is 22.8 Å². The molecule has 0 unspecified atom stereocenters. The molecule has 0 spiro atoms. The first-order valence-electron chi connectivity index (χ1n) is 8.23. The van der Waals surface area contributed by atoms with Crippen LogP contribution in [0.1, 0.15) is 26.7 Å². The molecule has 1 aromatic heterocycles. The summed E-state index contributed by atoms with van der Waals surface area (Å²) in [6, 6.07) is 6.38. The maximum atomic E-state index is 12.4. The molecule has 2 aromatic rings. The molecule has 0 saturated heterocycles. The molecule has 0 bridgehead atoms. The second-order valence-corrected chi connectivity index (χ2v) is 6.28. The van der Waals surface area contributed by atoms with E-state index in [9.17, 15) is 14.4 Å². The molecular formula is C18H23N3O4. The molecule has 0 radical (unpaired) electrons. The molecule has 0 aliphatic rings. The second-order valence-electron chi connectivity index (χ2n) is 6.28. The summed E-state index contributed by atoms with van der Waals surface area (Å²) in [4.78, 5) is 40.5. The summed E-state index contributed by atoms with van der Waals surface area (Å²) < 4.78 is 6.13. The Hall–Kier alpha value is -2.70. The third-order valence-corrected chi connectivity index (χ3v) is 3.84. The summed E-state index contributed by atoms with van der Waals surface area (Å²) in [6.07, 6.45) is 2.01. The normalized spacial score (nSPS) is 12.2. The largest absolute Gasteiger partial charge is 0.467 e. The number of ether oxygens (including phenoxy) is 1. The first-order valence-corrected chi connectivity index (χ1v) is 8.23. The van der Waals surface area contributed by atoms with Crippen LogP contribution in [0.25, 0.3) is 10.9 Å². The van der Waals surface area contributed by atoms with Gasteiger partial charge in [-0.3, -0.25) is 14.2 Å². The van der Waals surface area contributed by atoms with Crippen LogP contribution in [0.3, 0.4) is 0 Å². The Balaban J connectivity index is 2.03. The van der Waals surface area contributed by atoms with Crippen molar-refractivity contribution in [1.29, 1.82) is 0 Å². The van der Waals surface area contributed by atoms with E-state index in [0.717, 1.165) is 0 Å². The van der Waals surface area contributed by atoms with Crippen LogP contribution in [0.15, 0.2) is 35.4 Å². The Bertz CT molecular complexity index is 813. The van der Waals surface area contributed by atoms with Crippen molar-refractivity contribution in [2.24, 2.45) is 5.92 Å². The zero-order valence-corrected chi connectivity index (χ0v) is 14.7. The van der Waals surface area contributed by atoms with Crippen LogP contribution in [0, 0.1) is 5.92 Å². The Morgan fingerprint density at radius 2 is 2.00 bits per heavy atom. The van der Waals surface area contributed by atoms with Gasteiger partial charge in [-0.15, -0.1) is 0 Å². The lowest BCUT2D eigenvalue weighted by Gasteiger charge is -2.18. The fourth-order valence-corrected chi connectivity index (χ4v) is 2.58. The first kappa shape index (κ1) is 18.6. The molecule has 1 amide bonds. The number of hydrogen-bond acceptors (Lipinski definition) is 5. The van der Waals surface area contributed by atoms with Gasteiger partial charge in [-0.05, 0) is 24.5 Å². The number of nitrogens with zero attached hydrogens (tertiary/aromatic N) is 2. The molecule has 0 saturated carbocycles. The van der Waals surface area contributed by atoms with Crippen molar-refractivity contribution in [3.05, 3.63) is 40.9 Å². The van der Waals surface area contributed by atoms with Gasteiger partial charge in [0.2, 0.25) is 5.91 Å². The number of esters is 1. The first-order chi connectivity index (χ1) is 11.9. The number of aromatic nitrogens is 2. The highest BCUT2D eigenvalue weighted by Crippen LogP contribution is 2.07. The van der Waals surface area contributed by atoms with Crippen molar-refractivity contribution in [1.82, 2.24) is 14.9 Å². The number of carbonyl (C=O) groups excluding carboxylic acids is 2. The molecule has 2 rings (SSSR count). The van der Waals surface area contributed by atoms with Crippen LogP contribution in [-0.4, -0.2) is 34.6 Å². The molecule has 0 aliphatic heterocycles. The van der Waals surface area contributed by atoms with Crippen LogP contribution < -0.4 is 10.9 Å². The molecule has 1 heterocycles. The van der Waals surface area contributed by atoms with Crippen molar-refractivity contribution in [2.45, 2.75) is 39.3 Å². The Morgan fingerprint density at radius 3 is 2.68 bits per heavy atom. The summed E-state index contributed by atoms with van der Waals surface area (Å²) in [5.74, 6) is -0.542. The molecule has 7 nitrogen and oxygen atoms in total. The minimum Gasteiger partial charge on any atom is -0.467 e. The predicted octanol–water partition coefficient (Wildman–Crippen LogP) is 1.49. The number of nitrogens with one attached hydrogen (secondary N) is 1. The Labute approximate surface area is 146 Å². The number of rotatable bonds is 7. The summed E-state index contributed by atoms with van der Waals surface area (Å²) >= 11 is 0. The number of hydrogen-bond donors (Lipinski definition) is 1. The molecule has 0 aliphatic carbocycles. The standard InChI is InChI=1S/C18H23N3O4/c1-12(2)10-15(18(24)25-3)20-16(22)8-9-21-11-19-14-7-5-4-6-13(14)17(21)23/h4-7,11-12,15H,8-10H2,1-3H3,(H,20,22)/t15-/m0/s1. The molecule has 134 valence electrons. The molecule has 25 heavy (non-hydrogen) atoms. The third kappa shape index (κ3) is 4.89. The Kier molecular flexibility index (Phi) is 6.27. The minimum atomic E-state index is -0.677. The van der Waals surface area contributed by atoms with Gasteiger partial charge in [0.1, 0.15) is 6.04 Å². The summed E-state index contributed by atoms with van der Waals surface area (Å²) in [5.41, 5.74) is 0.431. The predicted molar refractivity (Wildman–Crippen MR) is 94.0 cm³/mol. The number of fused-ring (bicyclic) bond motifs is 1. The Morgan fingerprint density at radius 1 is 1.28 bits per heavy atom. The summed E-state index contributed by atoms with van der Waals surface area (Å²) in [7, 11) is 1.29. The lowest BCUT2D eigenvalue weighted by Crippen LogP contribution is -2.42. The highest BCUT2D eigenvalue weighted by atomic mass is 16.5. The fraction of sp³-hybridized carbons (Fsp3) is 0.444. The zero-order valence-electron chi connectivity index (χ0n) is 14.7. The highest BCUT2D eigenvalue weighted by molar-refractivity contribution is 5.84. The van der Waals surface area contributed by atoms with Gasteiger partial charge in [0.15, 0.2) is 0 Å². The summed E-state index contributed by atoms with van der Waals surface area (Å²) in [5, 5.41) is 3.19. The second kappa shape index (κ2) is 8.41. The van der Waals surface area contributed by atoms with Gasteiger partial charge < -0.3 is 10.1 Å². The van der Waals surface area contributed by atoms with Gasteiger partial charge in [0, 0.05) is 13.0 Å². The lowest BCUT2D eigenvalue weighted by molar-refractivity contribution is -0.145. The third-order valence-electron chi connectivity index (χ3n) is 3.84. The summed E-state index contributed by atoms with van der Waals surface area (Å²) in [6.45, 7) is 4.11. The van der Waals surface area contributed by atoms with Crippen LogP contribution in [0.4, 0.5) is 0 Å². The van der Waals surface area contributed by atoms with E-state index in [4.69, 9.17) is 4.74 Å². The van der Waals surface area contributed by atoms with Crippen LogP contribution in [-0.2, 0) is 20.9 Å². The van der Waals surface area contributed by atoms with E-state index in [1.807, 2.05) is 19.9 Å². The van der Waals surface area contributed by atoms with E-state index in [1.54, 1.807) is 18.2 Å². The lowest BCUT2D eigenvalue weighted by atomic mass is 10.0. The van der Waals surface area contributed by atoms with E-state index in [1.165, 1.54) is 18.0 Å². The number of methoxy groups -OCH3 is 1. The maximum absolute atomic E-state index is 12.4. The fourth-order valence-electron chi connectivity index (χ4n) is 2.58. The van der Waals surface area contributed by atoms with Crippen LogP contribution in [0.5, 0.6) is 0 Å². The highest BCUT2D eigenvalue weighted by Gasteiger charge is 2.22. The van der Waals surface area contributed by atoms with E-state index < -0.39 is 12.0 Å². The maximum Gasteiger partial charge on any atom is 0.328 e. The molecule has 1 aromatic carbocycles. The quantitative estimate of drug-likeness (QED) is 0.768. The van der Waals surface area contributed by atoms with Crippen LogP contribution in [0.2, 0.25) is 0 Å². The van der Waals surface area contributed by atoms with Crippen molar-refractivity contribution in [2.75, 3.05) is 7.11 Å². The number of aryl methyl sites for hydroxylation is 1. The van der Waals surface area contributed by atoms with E-state index in [-0.39, 0.29) is 30.3 Å². The van der Waals surface area contributed by atoms with Crippen molar-refractivity contribution < 1.29 is 14.3 Å². The van der Waals surface area contributed by atoms with Gasteiger partial charge in [-0.1, -0.05) is 26.0 Å². The SMILES string of the molecule is COC(=O)[C@H](CC(C)C)NC(=O)CCn1cnc2ccccc2c1=O. The van der Waals surface area contributed by atoms with Gasteiger partial charge in [-0.2, -0.15) is 0 Å². The number of benzene rings is 1. The van der Waals surface area contributed by atoms with Gasteiger partial charge in [0.05, 0.1) is 24.3 Å². The van der Waals surface area contributed by atoms with Gasteiger partial charge in [-0.25, -0.2) is 9.78 Å². The minimum absolute atomic E-state index is 0.0749. The van der Waals surface area contributed by atoms with Gasteiger partial charge >= 0.3 is 5.97 Å². The van der Waals surface area contributed by atoms with Crippen molar-refractivity contribution in [3.63, 3.8) is 0 Å². The average molecular weight is 345 g/mol.